The molecule has 0 fully saturated rings. The van der Waals surface area contributed by atoms with E-state index < -0.39 is 0 Å². The van der Waals surface area contributed by atoms with Gasteiger partial charge in [0.2, 0.25) is 5.91 Å². The predicted molar refractivity (Wildman–Crippen MR) is 114 cm³/mol. The highest BCUT2D eigenvalue weighted by molar-refractivity contribution is 5.95. The van der Waals surface area contributed by atoms with E-state index in [0.717, 1.165) is 16.9 Å². The fourth-order valence-corrected chi connectivity index (χ4v) is 2.95. The van der Waals surface area contributed by atoms with Crippen molar-refractivity contribution in [1.29, 1.82) is 0 Å². The molecule has 4 rings (SSSR count). The van der Waals surface area contributed by atoms with Crippen molar-refractivity contribution in [2.24, 2.45) is 0 Å². The summed E-state index contributed by atoms with van der Waals surface area (Å²) in [6.45, 7) is 2.07. The number of carbonyl (C=O) groups is 1. The highest BCUT2D eigenvalue weighted by Gasteiger charge is 2.09. The summed E-state index contributed by atoms with van der Waals surface area (Å²) in [6, 6.07) is 22.5. The van der Waals surface area contributed by atoms with E-state index in [1.54, 1.807) is 10.7 Å². The minimum Gasteiger partial charge on any atom is -0.455 e. The third-order valence-electron chi connectivity index (χ3n) is 4.38. The summed E-state index contributed by atoms with van der Waals surface area (Å²) in [7, 11) is 0. The van der Waals surface area contributed by atoms with Gasteiger partial charge in [0.15, 0.2) is 5.75 Å². The van der Waals surface area contributed by atoms with Crippen LogP contribution >= 0.6 is 0 Å². The molecule has 2 N–H and O–H groups in total. The molecule has 4 aromatic rings. The SMILES string of the molecule is Cc1cc(NCC(=O)Nc2ccccc2Oc2ccccc2)ccc1-n1cnnn1. The lowest BCUT2D eigenvalue weighted by atomic mass is 10.2. The van der Waals surface area contributed by atoms with Gasteiger partial charge in [0.05, 0.1) is 17.9 Å². The summed E-state index contributed by atoms with van der Waals surface area (Å²) in [5.74, 6) is 1.11. The van der Waals surface area contributed by atoms with Crippen molar-refractivity contribution < 1.29 is 9.53 Å². The average molecular weight is 400 g/mol. The van der Waals surface area contributed by atoms with Gasteiger partial charge < -0.3 is 15.4 Å². The number of aryl methyl sites for hydroxylation is 1. The number of amides is 1. The van der Waals surface area contributed by atoms with Crippen molar-refractivity contribution in [2.45, 2.75) is 6.92 Å². The molecular weight excluding hydrogens is 380 g/mol. The molecular formula is C22H20N6O2. The van der Waals surface area contributed by atoms with E-state index in [9.17, 15) is 4.79 Å². The number of hydrogen-bond donors (Lipinski definition) is 2. The number of ether oxygens (including phenoxy) is 1. The van der Waals surface area contributed by atoms with Gasteiger partial charge in [-0.05, 0) is 65.4 Å². The number of rotatable bonds is 7. The molecule has 0 bridgehead atoms. The summed E-state index contributed by atoms with van der Waals surface area (Å²) in [5, 5.41) is 17.2. The maximum absolute atomic E-state index is 12.5. The van der Waals surface area contributed by atoms with Crippen LogP contribution in [0.2, 0.25) is 0 Å². The molecule has 0 unspecified atom stereocenters. The molecule has 30 heavy (non-hydrogen) atoms. The van der Waals surface area contributed by atoms with Crippen LogP contribution in [-0.2, 0) is 4.79 Å². The van der Waals surface area contributed by atoms with E-state index in [2.05, 4.69) is 26.2 Å². The van der Waals surface area contributed by atoms with Crippen LogP contribution < -0.4 is 15.4 Å². The lowest BCUT2D eigenvalue weighted by Crippen LogP contribution is -2.22. The first-order valence-electron chi connectivity index (χ1n) is 9.39. The largest absolute Gasteiger partial charge is 0.455 e. The van der Waals surface area contributed by atoms with Crippen LogP contribution in [0, 0.1) is 6.92 Å². The van der Waals surface area contributed by atoms with Gasteiger partial charge in [0.25, 0.3) is 0 Å². The minimum atomic E-state index is -0.179. The predicted octanol–water partition coefficient (Wildman–Crippen LogP) is 3.81. The number of benzene rings is 3. The molecule has 0 aliphatic heterocycles. The number of tetrazole rings is 1. The maximum atomic E-state index is 12.5. The number of nitrogens with zero attached hydrogens (tertiary/aromatic N) is 4. The number of aromatic nitrogens is 4. The van der Waals surface area contributed by atoms with E-state index in [1.807, 2.05) is 73.7 Å². The molecule has 1 aromatic heterocycles. The van der Waals surface area contributed by atoms with Gasteiger partial charge in [-0.1, -0.05) is 30.3 Å². The molecule has 1 amide bonds. The van der Waals surface area contributed by atoms with Crippen LogP contribution in [0.15, 0.2) is 79.1 Å². The molecule has 8 nitrogen and oxygen atoms in total. The molecule has 1 heterocycles. The highest BCUT2D eigenvalue weighted by Crippen LogP contribution is 2.29. The number of nitrogens with one attached hydrogen (secondary N) is 2. The Balaban J connectivity index is 1.38. The minimum absolute atomic E-state index is 0.114. The first-order valence-corrected chi connectivity index (χ1v) is 9.39. The fraction of sp³-hybridized carbons (Fsp3) is 0.0909. The average Bonchev–Trinajstić information content (AvgIpc) is 3.29. The van der Waals surface area contributed by atoms with Crippen molar-refractivity contribution >= 4 is 17.3 Å². The Labute approximate surface area is 173 Å². The summed E-state index contributed by atoms with van der Waals surface area (Å²) in [5.41, 5.74) is 3.29. The monoisotopic (exact) mass is 400 g/mol. The van der Waals surface area contributed by atoms with Crippen molar-refractivity contribution in [3.63, 3.8) is 0 Å². The molecule has 0 aliphatic carbocycles. The standard InChI is InChI=1S/C22H20N6O2/c1-16-13-17(11-12-20(16)28-15-24-26-27-28)23-14-22(29)25-19-9-5-6-10-21(19)30-18-7-3-2-4-8-18/h2-13,15,23H,14H2,1H3,(H,25,29). The van der Waals surface area contributed by atoms with Crippen molar-refractivity contribution in [1.82, 2.24) is 20.2 Å². The van der Waals surface area contributed by atoms with Gasteiger partial charge >= 0.3 is 0 Å². The Morgan fingerprint density at radius 2 is 1.83 bits per heavy atom. The smallest absolute Gasteiger partial charge is 0.243 e. The molecule has 0 spiro atoms. The van der Waals surface area contributed by atoms with Crippen molar-refractivity contribution in [2.75, 3.05) is 17.2 Å². The first-order chi connectivity index (χ1) is 14.7. The molecule has 0 aliphatic rings. The molecule has 0 saturated heterocycles. The number of anilines is 2. The van der Waals surface area contributed by atoms with Crippen LogP contribution in [0.4, 0.5) is 11.4 Å². The zero-order valence-corrected chi connectivity index (χ0v) is 16.3. The van der Waals surface area contributed by atoms with E-state index in [0.29, 0.717) is 17.2 Å². The second kappa shape index (κ2) is 8.87. The third-order valence-corrected chi connectivity index (χ3v) is 4.38. The third kappa shape index (κ3) is 4.61. The summed E-state index contributed by atoms with van der Waals surface area (Å²) in [6.07, 6.45) is 1.54. The van der Waals surface area contributed by atoms with Gasteiger partial charge in [-0.15, -0.1) is 5.10 Å². The summed E-state index contributed by atoms with van der Waals surface area (Å²) < 4.78 is 7.48. The topological polar surface area (TPSA) is 94.0 Å². The number of hydrogen-bond acceptors (Lipinski definition) is 6. The molecule has 3 aromatic carbocycles. The quantitative estimate of drug-likeness (QED) is 0.490. The lowest BCUT2D eigenvalue weighted by molar-refractivity contribution is -0.114. The number of carbonyl (C=O) groups excluding carboxylic acids is 1. The Hall–Kier alpha value is -4.20. The summed E-state index contributed by atoms with van der Waals surface area (Å²) in [4.78, 5) is 12.5. The second-order valence-electron chi connectivity index (χ2n) is 6.57. The maximum Gasteiger partial charge on any atom is 0.243 e. The molecule has 0 radical (unpaired) electrons. The van der Waals surface area contributed by atoms with Gasteiger partial charge in [-0.2, -0.15) is 0 Å². The Kier molecular flexibility index (Phi) is 5.66. The molecule has 8 heteroatoms. The van der Waals surface area contributed by atoms with E-state index >= 15 is 0 Å². The number of para-hydroxylation sites is 3. The van der Waals surface area contributed by atoms with Crippen LogP contribution in [0.5, 0.6) is 11.5 Å². The van der Waals surface area contributed by atoms with E-state index in [-0.39, 0.29) is 12.5 Å². The highest BCUT2D eigenvalue weighted by atomic mass is 16.5. The Morgan fingerprint density at radius 3 is 2.60 bits per heavy atom. The van der Waals surface area contributed by atoms with Crippen molar-refractivity contribution in [3.05, 3.63) is 84.7 Å². The zero-order chi connectivity index (χ0) is 20.8. The Morgan fingerprint density at radius 1 is 1.03 bits per heavy atom. The van der Waals surface area contributed by atoms with Crippen LogP contribution in [0.25, 0.3) is 5.69 Å². The van der Waals surface area contributed by atoms with Crippen LogP contribution in [-0.4, -0.2) is 32.7 Å². The lowest BCUT2D eigenvalue weighted by Gasteiger charge is -2.13. The van der Waals surface area contributed by atoms with Crippen molar-refractivity contribution in [3.8, 4) is 17.2 Å². The zero-order valence-electron chi connectivity index (χ0n) is 16.3. The van der Waals surface area contributed by atoms with Gasteiger partial charge in [-0.25, -0.2) is 4.68 Å². The first kappa shape index (κ1) is 19.1. The van der Waals surface area contributed by atoms with E-state index in [4.69, 9.17) is 4.74 Å². The van der Waals surface area contributed by atoms with Crippen LogP contribution in [0.3, 0.4) is 0 Å². The second-order valence-corrected chi connectivity index (χ2v) is 6.57. The molecule has 150 valence electrons. The van der Waals surface area contributed by atoms with Crippen LogP contribution in [0.1, 0.15) is 5.56 Å². The van der Waals surface area contributed by atoms with Gasteiger partial charge in [0, 0.05) is 5.69 Å². The van der Waals surface area contributed by atoms with E-state index in [1.165, 1.54) is 6.33 Å². The van der Waals surface area contributed by atoms with Gasteiger partial charge in [0.1, 0.15) is 12.1 Å². The Bertz CT molecular complexity index is 1130. The fourth-order valence-electron chi connectivity index (χ4n) is 2.95. The van der Waals surface area contributed by atoms with Gasteiger partial charge in [-0.3, -0.25) is 4.79 Å². The molecule has 0 saturated carbocycles. The molecule has 0 atom stereocenters. The normalized spacial score (nSPS) is 10.4. The summed E-state index contributed by atoms with van der Waals surface area (Å²) >= 11 is 0.